The standard InChI is InChI=1S/C11H12Cl2N2O/c12-8-1-2-10(13)9(3-8)11(16)15-6-7-4-14-5-7/h1-3,7,14H,4-6H2,(H,15,16). The molecule has 16 heavy (non-hydrogen) atoms. The molecule has 0 aliphatic carbocycles. The highest BCUT2D eigenvalue weighted by Gasteiger charge is 2.18. The van der Waals surface area contributed by atoms with Gasteiger partial charge in [0.05, 0.1) is 10.6 Å². The van der Waals surface area contributed by atoms with Crippen LogP contribution in [0.3, 0.4) is 0 Å². The van der Waals surface area contributed by atoms with Gasteiger partial charge in [0.15, 0.2) is 0 Å². The first-order valence-electron chi connectivity index (χ1n) is 5.11. The van der Waals surface area contributed by atoms with Gasteiger partial charge in [0.25, 0.3) is 5.91 Å². The second-order valence-electron chi connectivity index (χ2n) is 3.86. The zero-order chi connectivity index (χ0) is 11.5. The molecular weight excluding hydrogens is 247 g/mol. The summed E-state index contributed by atoms with van der Waals surface area (Å²) in [6.07, 6.45) is 0. The van der Waals surface area contributed by atoms with Crippen molar-refractivity contribution in [1.29, 1.82) is 0 Å². The summed E-state index contributed by atoms with van der Waals surface area (Å²) in [5.74, 6) is 0.362. The van der Waals surface area contributed by atoms with E-state index in [1.807, 2.05) is 0 Å². The highest BCUT2D eigenvalue weighted by molar-refractivity contribution is 6.35. The van der Waals surface area contributed by atoms with Gasteiger partial charge in [-0.1, -0.05) is 23.2 Å². The summed E-state index contributed by atoms with van der Waals surface area (Å²) >= 11 is 11.7. The van der Waals surface area contributed by atoms with Crippen LogP contribution in [-0.4, -0.2) is 25.5 Å². The van der Waals surface area contributed by atoms with Crippen LogP contribution in [-0.2, 0) is 0 Å². The van der Waals surface area contributed by atoms with Crippen molar-refractivity contribution in [3.63, 3.8) is 0 Å². The van der Waals surface area contributed by atoms with Gasteiger partial charge < -0.3 is 10.6 Å². The fourth-order valence-corrected chi connectivity index (χ4v) is 1.87. The molecule has 0 bridgehead atoms. The summed E-state index contributed by atoms with van der Waals surface area (Å²) in [6, 6.07) is 4.87. The van der Waals surface area contributed by atoms with Crippen molar-refractivity contribution >= 4 is 29.1 Å². The van der Waals surface area contributed by atoms with Gasteiger partial charge in [-0.25, -0.2) is 0 Å². The number of hydrogen-bond donors (Lipinski definition) is 2. The summed E-state index contributed by atoms with van der Waals surface area (Å²) in [5, 5.41) is 6.93. The lowest BCUT2D eigenvalue weighted by Gasteiger charge is -2.27. The van der Waals surface area contributed by atoms with E-state index in [2.05, 4.69) is 10.6 Å². The molecule has 5 heteroatoms. The van der Waals surface area contributed by atoms with E-state index < -0.39 is 0 Å². The summed E-state index contributed by atoms with van der Waals surface area (Å²) in [6.45, 7) is 2.60. The highest BCUT2D eigenvalue weighted by atomic mass is 35.5. The third-order valence-corrected chi connectivity index (χ3v) is 3.16. The number of amides is 1. The molecule has 1 aliphatic heterocycles. The Kier molecular flexibility index (Phi) is 3.69. The molecule has 0 radical (unpaired) electrons. The van der Waals surface area contributed by atoms with Crippen molar-refractivity contribution in [2.24, 2.45) is 5.92 Å². The molecule has 1 aliphatic rings. The van der Waals surface area contributed by atoms with E-state index in [0.29, 0.717) is 28.1 Å². The molecule has 1 amide bonds. The van der Waals surface area contributed by atoms with Crippen LogP contribution in [0, 0.1) is 5.92 Å². The Morgan fingerprint density at radius 1 is 1.44 bits per heavy atom. The monoisotopic (exact) mass is 258 g/mol. The second-order valence-corrected chi connectivity index (χ2v) is 4.70. The molecule has 0 saturated carbocycles. The smallest absolute Gasteiger partial charge is 0.252 e. The number of halogens is 2. The zero-order valence-electron chi connectivity index (χ0n) is 8.59. The van der Waals surface area contributed by atoms with Crippen molar-refractivity contribution in [3.8, 4) is 0 Å². The third-order valence-electron chi connectivity index (χ3n) is 2.59. The van der Waals surface area contributed by atoms with Crippen LogP contribution in [0.1, 0.15) is 10.4 Å². The lowest BCUT2D eigenvalue weighted by molar-refractivity contribution is 0.0942. The molecule has 86 valence electrons. The number of rotatable bonds is 3. The van der Waals surface area contributed by atoms with E-state index in [1.165, 1.54) is 0 Å². The van der Waals surface area contributed by atoms with Gasteiger partial charge in [-0.2, -0.15) is 0 Å². The molecule has 1 fully saturated rings. The number of carbonyl (C=O) groups is 1. The Balaban J connectivity index is 1.99. The van der Waals surface area contributed by atoms with Gasteiger partial charge in [0, 0.05) is 30.6 Å². The largest absolute Gasteiger partial charge is 0.352 e. The zero-order valence-corrected chi connectivity index (χ0v) is 10.1. The second kappa shape index (κ2) is 5.04. The van der Waals surface area contributed by atoms with Crippen molar-refractivity contribution in [2.45, 2.75) is 0 Å². The SMILES string of the molecule is O=C(NCC1CNC1)c1cc(Cl)ccc1Cl. The van der Waals surface area contributed by atoms with Crippen LogP contribution in [0.25, 0.3) is 0 Å². The summed E-state index contributed by atoms with van der Waals surface area (Å²) in [4.78, 5) is 11.8. The van der Waals surface area contributed by atoms with Crippen molar-refractivity contribution in [1.82, 2.24) is 10.6 Å². The van der Waals surface area contributed by atoms with Crippen LogP contribution < -0.4 is 10.6 Å². The first kappa shape index (κ1) is 11.7. The van der Waals surface area contributed by atoms with E-state index in [-0.39, 0.29) is 5.91 Å². The van der Waals surface area contributed by atoms with Crippen LogP contribution in [0.5, 0.6) is 0 Å². The van der Waals surface area contributed by atoms with Crippen LogP contribution >= 0.6 is 23.2 Å². The average Bonchev–Trinajstić information content (AvgIpc) is 2.19. The maximum Gasteiger partial charge on any atom is 0.252 e. The van der Waals surface area contributed by atoms with Crippen LogP contribution in [0.4, 0.5) is 0 Å². The van der Waals surface area contributed by atoms with Gasteiger partial charge in [-0.05, 0) is 18.2 Å². The van der Waals surface area contributed by atoms with E-state index in [0.717, 1.165) is 13.1 Å². The van der Waals surface area contributed by atoms with Gasteiger partial charge in [0.1, 0.15) is 0 Å². The minimum Gasteiger partial charge on any atom is -0.352 e. The summed E-state index contributed by atoms with van der Waals surface area (Å²) < 4.78 is 0. The third kappa shape index (κ3) is 2.67. The molecule has 0 atom stereocenters. The quantitative estimate of drug-likeness (QED) is 0.871. The van der Waals surface area contributed by atoms with Crippen LogP contribution in [0.2, 0.25) is 10.0 Å². The van der Waals surface area contributed by atoms with Gasteiger partial charge in [0.2, 0.25) is 0 Å². The first-order chi connectivity index (χ1) is 7.66. The molecule has 1 saturated heterocycles. The fourth-order valence-electron chi connectivity index (χ4n) is 1.50. The van der Waals surface area contributed by atoms with Crippen LogP contribution in [0.15, 0.2) is 18.2 Å². The topological polar surface area (TPSA) is 41.1 Å². The van der Waals surface area contributed by atoms with E-state index in [4.69, 9.17) is 23.2 Å². The van der Waals surface area contributed by atoms with E-state index in [9.17, 15) is 4.79 Å². The molecule has 0 spiro atoms. The maximum atomic E-state index is 11.8. The summed E-state index contributed by atoms with van der Waals surface area (Å²) in [5.41, 5.74) is 0.432. The summed E-state index contributed by atoms with van der Waals surface area (Å²) in [7, 11) is 0. The number of nitrogens with one attached hydrogen (secondary N) is 2. The van der Waals surface area contributed by atoms with E-state index in [1.54, 1.807) is 18.2 Å². The normalized spacial score (nSPS) is 15.6. The molecule has 3 nitrogen and oxygen atoms in total. The number of carbonyl (C=O) groups excluding carboxylic acids is 1. The molecule has 0 unspecified atom stereocenters. The molecule has 1 aromatic carbocycles. The molecule has 0 aromatic heterocycles. The Morgan fingerprint density at radius 3 is 2.81 bits per heavy atom. The first-order valence-corrected chi connectivity index (χ1v) is 5.86. The number of hydrogen-bond acceptors (Lipinski definition) is 2. The lowest BCUT2D eigenvalue weighted by atomic mass is 10.0. The Hall–Kier alpha value is -0.770. The van der Waals surface area contributed by atoms with Crippen molar-refractivity contribution < 1.29 is 4.79 Å². The maximum absolute atomic E-state index is 11.8. The van der Waals surface area contributed by atoms with Gasteiger partial charge >= 0.3 is 0 Å². The molecule has 2 N–H and O–H groups in total. The van der Waals surface area contributed by atoms with Gasteiger partial charge in [-0.3, -0.25) is 4.79 Å². The van der Waals surface area contributed by atoms with Crippen molar-refractivity contribution in [3.05, 3.63) is 33.8 Å². The molecular formula is C11H12Cl2N2O. The Morgan fingerprint density at radius 2 is 2.19 bits per heavy atom. The van der Waals surface area contributed by atoms with Gasteiger partial charge in [-0.15, -0.1) is 0 Å². The predicted molar refractivity (Wildman–Crippen MR) is 65.2 cm³/mol. The average molecular weight is 259 g/mol. The molecule has 1 aromatic rings. The predicted octanol–water partition coefficient (Wildman–Crippen LogP) is 1.94. The fraction of sp³-hybridized carbons (Fsp3) is 0.364. The minimum atomic E-state index is -0.167. The molecule has 2 rings (SSSR count). The van der Waals surface area contributed by atoms with E-state index >= 15 is 0 Å². The Bertz CT molecular complexity index is 405. The molecule has 1 heterocycles. The highest BCUT2D eigenvalue weighted by Crippen LogP contribution is 2.20. The minimum absolute atomic E-state index is 0.167. The van der Waals surface area contributed by atoms with Crippen molar-refractivity contribution in [2.75, 3.05) is 19.6 Å². The Labute approximate surface area is 104 Å². The lowest BCUT2D eigenvalue weighted by Crippen LogP contribution is -2.48. The number of benzene rings is 1.